The molecule has 14 N–H and O–H groups in total. The zero-order valence-electron chi connectivity index (χ0n) is 39.8. The molecular formula is C49H65N9O13. The Morgan fingerprint density at radius 1 is 0.606 bits per heavy atom. The van der Waals surface area contributed by atoms with E-state index in [1.165, 1.54) is 60.4 Å². The molecule has 384 valence electrons. The second-order valence-electron chi connectivity index (χ2n) is 17.9. The topological polar surface area (TPSA) is 362 Å². The predicted octanol–water partition coefficient (Wildman–Crippen LogP) is -1.24. The van der Waals surface area contributed by atoms with E-state index in [9.17, 15) is 63.6 Å². The number of likely N-dealkylation sites (tertiary alicyclic amines) is 1. The molecule has 1 aliphatic rings. The van der Waals surface area contributed by atoms with Crippen molar-refractivity contribution >= 4 is 53.2 Å². The van der Waals surface area contributed by atoms with E-state index < -0.39 is 108 Å². The maximum absolute atomic E-state index is 14.4. The summed E-state index contributed by atoms with van der Waals surface area (Å²) in [7, 11) is 0. The Morgan fingerprint density at radius 2 is 1.06 bits per heavy atom. The molecule has 0 aromatic heterocycles. The average molecular weight is 988 g/mol. The fourth-order valence-electron chi connectivity index (χ4n) is 7.81. The maximum Gasteiger partial charge on any atom is 0.326 e. The third-order valence-electron chi connectivity index (χ3n) is 11.6. The van der Waals surface area contributed by atoms with Crippen LogP contribution in [0.5, 0.6) is 11.5 Å². The molecule has 0 saturated carbocycles. The first-order chi connectivity index (χ1) is 33.6. The second kappa shape index (κ2) is 27.0. The number of phenolic OH excluding ortho intramolecular Hbond substituents is 2. The van der Waals surface area contributed by atoms with Gasteiger partial charge in [-0.15, -0.1) is 0 Å². The number of carboxylic acids is 1. The Hall–Kier alpha value is -7.59. The van der Waals surface area contributed by atoms with Gasteiger partial charge in [0.2, 0.25) is 47.3 Å². The molecule has 3 aromatic carbocycles. The largest absolute Gasteiger partial charge is 0.508 e. The van der Waals surface area contributed by atoms with Crippen LogP contribution in [0, 0.1) is 5.92 Å². The summed E-state index contributed by atoms with van der Waals surface area (Å²) < 4.78 is 0. The van der Waals surface area contributed by atoms with Gasteiger partial charge in [0.25, 0.3) is 0 Å². The van der Waals surface area contributed by atoms with E-state index in [-0.39, 0.29) is 68.9 Å². The van der Waals surface area contributed by atoms with Gasteiger partial charge in [0.15, 0.2) is 0 Å². The van der Waals surface area contributed by atoms with Gasteiger partial charge in [-0.05, 0) is 79.5 Å². The van der Waals surface area contributed by atoms with Crippen LogP contribution >= 0.6 is 0 Å². The number of aliphatic carboxylic acids is 1. The van der Waals surface area contributed by atoms with E-state index in [1.54, 1.807) is 44.2 Å². The second-order valence-corrected chi connectivity index (χ2v) is 17.9. The molecule has 22 heteroatoms. The van der Waals surface area contributed by atoms with Gasteiger partial charge in [0.1, 0.15) is 53.8 Å². The van der Waals surface area contributed by atoms with Crippen LogP contribution in [-0.4, -0.2) is 140 Å². The molecule has 1 fully saturated rings. The number of benzene rings is 3. The van der Waals surface area contributed by atoms with Crippen LogP contribution in [-0.2, 0) is 62.4 Å². The van der Waals surface area contributed by atoms with E-state index in [2.05, 4.69) is 31.9 Å². The lowest BCUT2D eigenvalue weighted by atomic mass is 10.0. The molecule has 1 aliphatic heterocycles. The van der Waals surface area contributed by atoms with Crippen molar-refractivity contribution in [3.05, 3.63) is 95.6 Å². The van der Waals surface area contributed by atoms with Crippen molar-refractivity contribution in [2.75, 3.05) is 13.2 Å². The van der Waals surface area contributed by atoms with Gasteiger partial charge in [-0.1, -0.05) is 68.4 Å². The number of phenols is 2. The minimum Gasteiger partial charge on any atom is -0.508 e. The first kappa shape index (κ1) is 56.0. The van der Waals surface area contributed by atoms with Gasteiger partial charge in [-0.2, -0.15) is 0 Å². The third-order valence-corrected chi connectivity index (χ3v) is 11.6. The zero-order valence-corrected chi connectivity index (χ0v) is 39.8. The molecule has 0 unspecified atom stereocenters. The number of carbonyl (C=O) groups excluding carboxylic acids is 8. The number of aromatic hydroxyl groups is 2. The molecule has 0 bridgehead atoms. The van der Waals surface area contributed by atoms with Crippen molar-refractivity contribution in [2.24, 2.45) is 17.4 Å². The van der Waals surface area contributed by atoms with Crippen LogP contribution in [0.2, 0.25) is 0 Å². The lowest BCUT2D eigenvalue weighted by molar-refractivity contribution is -0.145. The summed E-state index contributed by atoms with van der Waals surface area (Å²) in [5.41, 5.74) is 12.5. The highest BCUT2D eigenvalue weighted by atomic mass is 16.4. The summed E-state index contributed by atoms with van der Waals surface area (Å²) >= 11 is 0. The first-order valence-electron chi connectivity index (χ1n) is 23.3. The fraction of sp³-hybridized carbons (Fsp3) is 0.449. The van der Waals surface area contributed by atoms with Gasteiger partial charge in [0, 0.05) is 32.2 Å². The van der Waals surface area contributed by atoms with Crippen LogP contribution in [0.25, 0.3) is 0 Å². The van der Waals surface area contributed by atoms with Gasteiger partial charge in [-0.3, -0.25) is 38.4 Å². The maximum atomic E-state index is 14.4. The van der Waals surface area contributed by atoms with Crippen LogP contribution in [0.15, 0.2) is 78.9 Å². The summed E-state index contributed by atoms with van der Waals surface area (Å²) in [4.78, 5) is 122. The summed E-state index contributed by atoms with van der Waals surface area (Å²) in [5.74, 6) is -8.21. The summed E-state index contributed by atoms with van der Waals surface area (Å²) in [5, 5.41) is 55.5. The van der Waals surface area contributed by atoms with Crippen LogP contribution in [0.4, 0.5) is 0 Å². The van der Waals surface area contributed by atoms with Gasteiger partial charge in [-0.25, -0.2) is 4.79 Å². The van der Waals surface area contributed by atoms with Crippen molar-refractivity contribution < 1.29 is 63.6 Å². The van der Waals surface area contributed by atoms with Gasteiger partial charge in [0.05, 0.1) is 12.6 Å². The summed E-state index contributed by atoms with van der Waals surface area (Å²) in [6.07, 6.45) is -0.403. The molecule has 4 rings (SSSR count). The number of carboxylic acid groups (broad SMARTS) is 1. The van der Waals surface area contributed by atoms with E-state index in [1.807, 2.05) is 0 Å². The number of nitrogens with two attached hydrogens (primary N) is 2. The van der Waals surface area contributed by atoms with E-state index >= 15 is 0 Å². The predicted molar refractivity (Wildman–Crippen MR) is 256 cm³/mol. The molecule has 0 spiro atoms. The molecule has 22 nitrogen and oxygen atoms in total. The molecule has 1 heterocycles. The van der Waals surface area contributed by atoms with Crippen molar-refractivity contribution in [2.45, 2.75) is 120 Å². The average Bonchev–Trinajstić information content (AvgIpc) is 3.82. The number of nitrogens with one attached hydrogen (secondary N) is 6. The number of hydrogen-bond acceptors (Lipinski definition) is 13. The van der Waals surface area contributed by atoms with Crippen LogP contribution in [0.1, 0.15) is 69.6 Å². The zero-order chi connectivity index (χ0) is 52.4. The number of primary amides is 1. The Balaban J connectivity index is 1.62. The Bertz CT molecular complexity index is 2330. The normalized spacial score (nSPS) is 16.2. The molecule has 71 heavy (non-hydrogen) atoms. The molecule has 0 aliphatic carbocycles. The summed E-state index contributed by atoms with van der Waals surface area (Å²) in [6, 6.07) is 9.03. The smallest absolute Gasteiger partial charge is 0.326 e. The Labute approximate surface area is 410 Å². The molecule has 3 aromatic rings. The Kier molecular flexibility index (Phi) is 21.3. The fourth-order valence-corrected chi connectivity index (χ4v) is 7.81. The SMILES string of the molecule is CC(C)C[C@H](NC(=O)[C@@H]1CCCN1C(=O)[C@H](Cc1ccc(O)cc1)NC(=O)[C@H](CO)NC(=O)[C@H](Cc1ccc(O)cc1)NC(=O)[C@H](Cc1ccccc1)NC(=O)[C@H](CCC(N)=O)NC(=O)[C@H](C)N)C(=O)O. The number of rotatable bonds is 26. The van der Waals surface area contributed by atoms with Crippen LogP contribution in [0.3, 0.4) is 0 Å². The highest BCUT2D eigenvalue weighted by Gasteiger charge is 2.40. The molecule has 8 amide bonds. The van der Waals surface area contributed by atoms with Gasteiger partial charge < -0.3 is 68.7 Å². The number of carbonyl (C=O) groups is 9. The van der Waals surface area contributed by atoms with E-state index in [0.29, 0.717) is 23.1 Å². The quantitative estimate of drug-likeness (QED) is 0.0448. The molecule has 0 radical (unpaired) electrons. The number of hydrogen-bond donors (Lipinski definition) is 12. The number of aliphatic hydroxyl groups excluding tert-OH is 1. The minimum absolute atomic E-state index is 0.0755. The lowest BCUT2D eigenvalue weighted by Gasteiger charge is -2.31. The molecule has 8 atom stereocenters. The van der Waals surface area contributed by atoms with Crippen molar-refractivity contribution in [3.63, 3.8) is 0 Å². The van der Waals surface area contributed by atoms with Crippen molar-refractivity contribution in [1.82, 2.24) is 36.8 Å². The third kappa shape index (κ3) is 17.7. The standard InChI is InChI=1S/C49H65N9O13/c1-27(2)22-38(49(70)71)56-47(68)40-10-7-21-58(40)48(69)37(25-31-13-17-33(61)18-14-31)55-46(67)39(26-59)57-45(66)36(24-30-11-15-32(60)16-12-30)54-44(65)35(23-29-8-5-4-6-9-29)53-43(64)34(19-20-41(51)62)52-42(63)28(3)50/h4-6,8-9,11-18,27-28,34-40,59-61H,7,10,19-26,50H2,1-3H3,(H2,51,62)(H,52,63)(H,53,64)(H,54,65)(H,55,67)(H,56,68)(H,57,66)(H,70,71)/t28-,34-,35-,36-,37-,38-,39-,40-/m0/s1. The van der Waals surface area contributed by atoms with Crippen LogP contribution < -0.4 is 43.4 Å². The highest BCUT2D eigenvalue weighted by molar-refractivity contribution is 5.98. The van der Waals surface area contributed by atoms with Gasteiger partial charge >= 0.3 is 5.97 Å². The number of amides is 8. The first-order valence-corrected chi connectivity index (χ1v) is 23.3. The lowest BCUT2D eigenvalue weighted by Crippen LogP contribution is -2.61. The number of aliphatic hydroxyl groups is 1. The van der Waals surface area contributed by atoms with E-state index in [0.717, 1.165) is 0 Å². The minimum atomic E-state index is -1.75. The van der Waals surface area contributed by atoms with Crippen molar-refractivity contribution in [3.8, 4) is 11.5 Å². The van der Waals surface area contributed by atoms with E-state index in [4.69, 9.17) is 11.5 Å². The number of nitrogens with zero attached hydrogens (tertiary/aromatic N) is 1. The summed E-state index contributed by atoms with van der Waals surface area (Å²) in [6.45, 7) is 4.05. The van der Waals surface area contributed by atoms with Crippen molar-refractivity contribution in [1.29, 1.82) is 0 Å². The molecular weight excluding hydrogens is 923 g/mol. The Morgan fingerprint density at radius 3 is 1.54 bits per heavy atom. The molecule has 1 saturated heterocycles. The highest BCUT2D eigenvalue weighted by Crippen LogP contribution is 2.22. The monoisotopic (exact) mass is 987 g/mol.